The minimum Gasteiger partial charge on any atom is -0.381 e. The van der Waals surface area contributed by atoms with Gasteiger partial charge < -0.3 is 4.74 Å². The Kier molecular flexibility index (Phi) is 3.32. The Bertz CT molecular complexity index is 234. The zero-order valence-corrected chi connectivity index (χ0v) is 9.40. The lowest BCUT2D eigenvalue weighted by molar-refractivity contribution is 0.131. The van der Waals surface area contributed by atoms with E-state index in [1.807, 2.05) is 6.92 Å². The molecule has 13 heavy (non-hydrogen) atoms. The molecule has 0 aromatic carbocycles. The summed E-state index contributed by atoms with van der Waals surface area (Å²) in [5.41, 5.74) is 5.90. The van der Waals surface area contributed by atoms with E-state index in [-0.39, 0.29) is 0 Å². The largest absolute Gasteiger partial charge is 0.381 e. The summed E-state index contributed by atoms with van der Waals surface area (Å²) in [4.78, 5) is 0. The molecule has 0 bridgehead atoms. The molecule has 1 aliphatic carbocycles. The van der Waals surface area contributed by atoms with Gasteiger partial charge >= 0.3 is 0 Å². The van der Waals surface area contributed by atoms with Gasteiger partial charge in [-0.1, -0.05) is 11.1 Å². The molecular formula is C12H20O. The van der Waals surface area contributed by atoms with Gasteiger partial charge in [0.05, 0.1) is 6.61 Å². The van der Waals surface area contributed by atoms with Crippen molar-refractivity contribution in [2.24, 2.45) is 5.92 Å². The van der Waals surface area contributed by atoms with Gasteiger partial charge in [0.2, 0.25) is 0 Å². The maximum Gasteiger partial charge on any atom is 0.0568 e. The van der Waals surface area contributed by atoms with Crippen molar-refractivity contribution in [3.63, 3.8) is 0 Å². The molecule has 0 amide bonds. The van der Waals surface area contributed by atoms with E-state index in [2.05, 4.69) is 27.7 Å². The Labute approximate surface area is 81.5 Å². The van der Waals surface area contributed by atoms with Crippen molar-refractivity contribution < 1.29 is 4.74 Å². The van der Waals surface area contributed by atoms with Crippen LogP contribution in [0.15, 0.2) is 22.3 Å². The summed E-state index contributed by atoms with van der Waals surface area (Å²) in [5, 5.41) is 0. The third-order valence-electron chi connectivity index (χ3n) is 3.28. The third kappa shape index (κ3) is 1.86. The quantitative estimate of drug-likeness (QED) is 0.647. The Morgan fingerprint density at radius 3 is 1.85 bits per heavy atom. The SMILES string of the molecule is CCOCC1C(C)=C(C)C(C)=C1C. The molecule has 0 saturated carbocycles. The second-order valence-corrected chi connectivity index (χ2v) is 3.83. The summed E-state index contributed by atoms with van der Waals surface area (Å²) in [6.45, 7) is 12.6. The van der Waals surface area contributed by atoms with Crippen LogP contribution in [0.1, 0.15) is 34.6 Å². The molecule has 1 heteroatoms. The number of rotatable bonds is 3. The molecule has 0 aliphatic heterocycles. The average molecular weight is 180 g/mol. The monoisotopic (exact) mass is 180 g/mol. The molecule has 0 radical (unpaired) electrons. The molecule has 1 rings (SSSR count). The van der Waals surface area contributed by atoms with Crippen LogP contribution in [0.25, 0.3) is 0 Å². The first kappa shape index (κ1) is 10.5. The minimum atomic E-state index is 0.542. The molecule has 0 aromatic rings. The Balaban J connectivity index is 2.77. The first-order valence-electron chi connectivity index (χ1n) is 5.02. The molecular weight excluding hydrogens is 160 g/mol. The predicted octanol–water partition coefficient (Wildman–Crippen LogP) is 3.33. The Hall–Kier alpha value is -0.560. The fourth-order valence-electron chi connectivity index (χ4n) is 1.92. The highest BCUT2D eigenvalue weighted by Gasteiger charge is 2.23. The van der Waals surface area contributed by atoms with E-state index in [1.165, 1.54) is 22.3 Å². The Morgan fingerprint density at radius 2 is 1.46 bits per heavy atom. The summed E-state index contributed by atoms with van der Waals surface area (Å²) in [6.07, 6.45) is 0. The highest BCUT2D eigenvalue weighted by atomic mass is 16.5. The van der Waals surface area contributed by atoms with Crippen LogP contribution in [0.2, 0.25) is 0 Å². The van der Waals surface area contributed by atoms with Gasteiger partial charge in [-0.05, 0) is 45.8 Å². The number of ether oxygens (including phenoxy) is 1. The topological polar surface area (TPSA) is 9.23 Å². The lowest BCUT2D eigenvalue weighted by Gasteiger charge is -2.14. The van der Waals surface area contributed by atoms with E-state index in [4.69, 9.17) is 4.74 Å². The maximum absolute atomic E-state index is 5.49. The van der Waals surface area contributed by atoms with E-state index < -0.39 is 0 Å². The number of hydrogen-bond donors (Lipinski definition) is 0. The van der Waals surface area contributed by atoms with Crippen molar-refractivity contribution in [2.75, 3.05) is 13.2 Å². The van der Waals surface area contributed by atoms with Crippen molar-refractivity contribution in [2.45, 2.75) is 34.6 Å². The lowest BCUT2D eigenvalue weighted by Crippen LogP contribution is -2.10. The molecule has 0 fully saturated rings. The van der Waals surface area contributed by atoms with Crippen molar-refractivity contribution in [1.29, 1.82) is 0 Å². The molecule has 0 N–H and O–H groups in total. The van der Waals surface area contributed by atoms with Gasteiger partial charge in [-0.3, -0.25) is 0 Å². The van der Waals surface area contributed by atoms with Crippen LogP contribution in [-0.4, -0.2) is 13.2 Å². The average Bonchev–Trinajstić information content (AvgIpc) is 2.30. The van der Waals surface area contributed by atoms with E-state index >= 15 is 0 Å². The molecule has 0 spiro atoms. The van der Waals surface area contributed by atoms with Crippen LogP contribution >= 0.6 is 0 Å². The van der Waals surface area contributed by atoms with E-state index in [9.17, 15) is 0 Å². The van der Waals surface area contributed by atoms with Gasteiger partial charge in [-0.25, -0.2) is 0 Å². The maximum atomic E-state index is 5.49. The lowest BCUT2D eigenvalue weighted by atomic mass is 9.98. The zero-order valence-electron chi connectivity index (χ0n) is 9.40. The molecule has 0 aromatic heterocycles. The molecule has 0 heterocycles. The third-order valence-corrected chi connectivity index (χ3v) is 3.28. The fraction of sp³-hybridized carbons (Fsp3) is 0.667. The Morgan fingerprint density at radius 1 is 1.00 bits per heavy atom. The summed E-state index contributed by atoms with van der Waals surface area (Å²) in [7, 11) is 0. The first-order valence-corrected chi connectivity index (χ1v) is 5.02. The number of allylic oxidation sites excluding steroid dienone is 2. The molecule has 0 atom stereocenters. The van der Waals surface area contributed by atoms with Crippen LogP contribution in [-0.2, 0) is 4.74 Å². The molecule has 1 aliphatic rings. The van der Waals surface area contributed by atoms with Gasteiger partial charge in [0.1, 0.15) is 0 Å². The standard InChI is InChI=1S/C12H20O/c1-6-13-7-12-10(4)8(2)9(3)11(12)5/h12H,6-7H2,1-5H3. The van der Waals surface area contributed by atoms with E-state index in [0.717, 1.165) is 13.2 Å². The highest BCUT2D eigenvalue weighted by molar-refractivity contribution is 5.46. The zero-order chi connectivity index (χ0) is 10.0. The predicted molar refractivity (Wildman–Crippen MR) is 56.7 cm³/mol. The van der Waals surface area contributed by atoms with Crippen molar-refractivity contribution in [3.05, 3.63) is 22.3 Å². The fourth-order valence-corrected chi connectivity index (χ4v) is 1.92. The van der Waals surface area contributed by atoms with Gasteiger partial charge in [0.25, 0.3) is 0 Å². The van der Waals surface area contributed by atoms with Crippen LogP contribution in [0.3, 0.4) is 0 Å². The smallest absolute Gasteiger partial charge is 0.0568 e. The summed E-state index contributed by atoms with van der Waals surface area (Å²) in [6, 6.07) is 0. The van der Waals surface area contributed by atoms with Gasteiger partial charge in [-0.15, -0.1) is 0 Å². The highest BCUT2D eigenvalue weighted by Crippen LogP contribution is 2.36. The van der Waals surface area contributed by atoms with Gasteiger partial charge in [0, 0.05) is 12.5 Å². The van der Waals surface area contributed by atoms with E-state index in [0.29, 0.717) is 5.92 Å². The van der Waals surface area contributed by atoms with Crippen molar-refractivity contribution >= 4 is 0 Å². The summed E-state index contributed by atoms with van der Waals surface area (Å²) < 4.78 is 5.49. The molecule has 0 saturated heterocycles. The molecule has 0 unspecified atom stereocenters. The van der Waals surface area contributed by atoms with Gasteiger partial charge in [0.15, 0.2) is 0 Å². The summed E-state index contributed by atoms with van der Waals surface area (Å²) >= 11 is 0. The second kappa shape index (κ2) is 4.10. The molecule has 74 valence electrons. The van der Waals surface area contributed by atoms with Crippen LogP contribution in [0, 0.1) is 5.92 Å². The molecule has 1 nitrogen and oxygen atoms in total. The second-order valence-electron chi connectivity index (χ2n) is 3.83. The van der Waals surface area contributed by atoms with E-state index in [1.54, 1.807) is 0 Å². The van der Waals surface area contributed by atoms with Gasteiger partial charge in [-0.2, -0.15) is 0 Å². The first-order chi connectivity index (χ1) is 6.09. The minimum absolute atomic E-state index is 0.542. The normalized spacial score (nSPS) is 19.2. The van der Waals surface area contributed by atoms with Crippen LogP contribution in [0.5, 0.6) is 0 Å². The number of hydrogen-bond acceptors (Lipinski definition) is 1. The van der Waals surface area contributed by atoms with Crippen molar-refractivity contribution in [3.8, 4) is 0 Å². The summed E-state index contributed by atoms with van der Waals surface area (Å²) in [5.74, 6) is 0.542. The van der Waals surface area contributed by atoms with Crippen molar-refractivity contribution in [1.82, 2.24) is 0 Å². The van der Waals surface area contributed by atoms with Crippen LogP contribution in [0.4, 0.5) is 0 Å². The van der Waals surface area contributed by atoms with Crippen LogP contribution < -0.4 is 0 Å².